The molecule has 0 amide bonds. The highest BCUT2D eigenvalue weighted by atomic mass is 32.1. The monoisotopic (exact) mass is 307 g/mol. The lowest BCUT2D eigenvalue weighted by atomic mass is 10.0. The van der Waals surface area contributed by atoms with Crippen LogP contribution in [0, 0.1) is 12.7 Å². The van der Waals surface area contributed by atoms with Gasteiger partial charge in [0.15, 0.2) is 0 Å². The van der Waals surface area contributed by atoms with Gasteiger partial charge >= 0.3 is 0 Å². The number of aryl methyl sites for hydroxylation is 1. The summed E-state index contributed by atoms with van der Waals surface area (Å²) in [4.78, 5) is 7.87. The van der Waals surface area contributed by atoms with Gasteiger partial charge in [-0.25, -0.2) is 9.37 Å². The zero-order chi connectivity index (χ0) is 15.2. The van der Waals surface area contributed by atoms with Crippen LogP contribution in [-0.2, 0) is 6.54 Å². The molecule has 114 valence electrons. The molecule has 0 bridgehead atoms. The van der Waals surface area contributed by atoms with E-state index in [9.17, 15) is 4.39 Å². The number of aromatic nitrogens is 1. The Kier molecular flexibility index (Phi) is 5.85. The highest BCUT2D eigenvalue weighted by molar-refractivity contribution is 7.09. The fourth-order valence-electron chi connectivity index (χ4n) is 2.35. The van der Waals surface area contributed by atoms with Crippen LogP contribution in [-0.4, -0.2) is 30.5 Å². The summed E-state index contributed by atoms with van der Waals surface area (Å²) in [5.74, 6) is -0.179. The molecule has 1 heterocycles. The maximum Gasteiger partial charge on any atom is 0.123 e. The third kappa shape index (κ3) is 4.59. The Hall–Kier alpha value is -1.30. The molecule has 1 N–H and O–H groups in total. The van der Waals surface area contributed by atoms with Crippen molar-refractivity contribution in [2.75, 3.05) is 20.6 Å². The smallest absolute Gasteiger partial charge is 0.123 e. The van der Waals surface area contributed by atoms with E-state index in [1.165, 1.54) is 10.9 Å². The van der Waals surface area contributed by atoms with Crippen LogP contribution in [0.15, 0.2) is 29.8 Å². The molecule has 0 saturated heterocycles. The Labute approximate surface area is 129 Å². The summed E-state index contributed by atoms with van der Waals surface area (Å²) in [6, 6.07) is 6.99. The van der Waals surface area contributed by atoms with Crippen molar-refractivity contribution in [1.82, 2.24) is 15.2 Å². The van der Waals surface area contributed by atoms with Crippen LogP contribution in [0.1, 0.15) is 28.6 Å². The van der Waals surface area contributed by atoms with Crippen LogP contribution in [0.3, 0.4) is 0 Å². The zero-order valence-electron chi connectivity index (χ0n) is 12.8. The topological polar surface area (TPSA) is 28.2 Å². The summed E-state index contributed by atoms with van der Waals surface area (Å²) in [7, 11) is 4.03. The van der Waals surface area contributed by atoms with Gasteiger partial charge in [0.25, 0.3) is 0 Å². The van der Waals surface area contributed by atoms with Gasteiger partial charge in [-0.3, -0.25) is 0 Å². The molecule has 2 rings (SSSR count). The Morgan fingerprint density at radius 2 is 2.24 bits per heavy atom. The third-order valence-corrected chi connectivity index (χ3v) is 4.58. The first-order valence-electron chi connectivity index (χ1n) is 7.10. The first-order valence-corrected chi connectivity index (χ1v) is 7.98. The van der Waals surface area contributed by atoms with Crippen molar-refractivity contribution in [2.45, 2.75) is 25.9 Å². The second kappa shape index (κ2) is 7.64. The van der Waals surface area contributed by atoms with Crippen molar-refractivity contribution < 1.29 is 4.39 Å². The van der Waals surface area contributed by atoms with Gasteiger partial charge in [-0.2, -0.15) is 0 Å². The molecule has 21 heavy (non-hydrogen) atoms. The summed E-state index contributed by atoms with van der Waals surface area (Å²) in [6.07, 6.45) is 0.939. The molecule has 2 aromatic rings. The lowest BCUT2D eigenvalue weighted by Gasteiger charge is -2.21. The van der Waals surface area contributed by atoms with Crippen molar-refractivity contribution in [3.8, 4) is 0 Å². The number of nitrogens with one attached hydrogen (secondary N) is 1. The fourth-order valence-corrected chi connectivity index (χ4v) is 3.21. The predicted octanol–water partition coefficient (Wildman–Crippen LogP) is 3.37. The van der Waals surface area contributed by atoms with Gasteiger partial charge in [0.05, 0.1) is 11.2 Å². The number of hydrogen-bond acceptors (Lipinski definition) is 4. The number of thiazole rings is 1. The highest BCUT2D eigenvalue weighted by Gasteiger charge is 2.12. The van der Waals surface area contributed by atoms with Gasteiger partial charge in [-0.05, 0) is 45.1 Å². The molecule has 5 heteroatoms. The Balaban J connectivity index is 1.89. The Morgan fingerprint density at radius 3 is 2.86 bits per heavy atom. The van der Waals surface area contributed by atoms with E-state index in [1.54, 1.807) is 23.5 Å². The van der Waals surface area contributed by atoms with Gasteiger partial charge in [0.1, 0.15) is 5.82 Å². The minimum atomic E-state index is -0.179. The zero-order valence-corrected chi connectivity index (χ0v) is 13.6. The summed E-state index contributed by atoms with van der Waals surface area (Å²) in [5, 5.41) is 3.27. The summed E-state index contributed by atoms with van der Waals surface area (Å²) >= 11 is 1.70. The molecule has 0 aliphatic carbocycles. The van der Waals surface area contributed by atoms with Gasteiger partial charge in [0, 0.05) is 24.0 Å². The molecule has 0 radical (unpaired) electrons. The lowest BCUT2D eigenvalue weighted by Crippen LogP contribution is -2.25. The summed E-state index contributed by atoms with van der Waals surface area (Å²) < 4.78 is 13.3. The van der Waals surface area contributed by atoms with E-state index >= 15 is 0 Å². The van der Waals surface area contributed by atoms with E-state index in [4.69, 9.17) is 0 Å². The molecule has 0 fully saturated rings. The maximum absolute atomic E-state index is 13.3. The molecule has 1 aromatic carbocycles. The van der Waals surface area contributed by atoms with E-state index < -0.39 is 0 Å². The van der Waals surface area contributed by atoms with Crippen LogP contribution in [0.5, 0.6) is 0 Å². The maximum atomic E-state index is 13.3. The first kappa shape index (κ1) is 16.1. The molecule has 0 aliphatic heterocycles. The van der Waals surface area contributed by atoms with Crippen molar-refractivity contribution >= 4 is 11.3 Å². The van der Waals surface area contributed by atoms with Gasteiger partial charge < -0.3 is 10.2 Å². The number of nitrogens with zero attached hydrogens (tertiary/aromatic N) is 2. The third-order valence-electron chi connectivity index (χ3n) is 3.66. The number of benzene rings is 1. The van der Waals surface area contributed by atoms with Crippen molar-refractivity contribution in [1.29, 1.82) is 0 Å². The summed E-state index contributed by atoms with van der Waals surface area (Å²) in [6.45, 7) is 3.90. The van der Waals surface area contributed by atoms with Crippen LogP contribution >= 0.6 is 11.3 Å². The largest absolute Gasteiger partial charge is 0.313 e. The molecule has 0 saturated carbocycles. The van der Waals surface area contributed by atoms with Crippen LogP contribution in [0.2, 0.25) is 0 Å². The number of hydrogen-bond donors (Lipinski definition) is 1. The van der Waals surface area contributed by atoms with Gasteiger partial charge in [-0.1, -0.05) is 12.1 Å². The van der Waals surface area contributed by atoms with Crippen LogP contribution in [0.25, 0.3) is 0 Å². The van der Waals surface area contributed by atoms with Gasteiger partial charge in [-0.15, -0.1) is 11.3 Å². The fraction of sp³-hybridized carbons (Fsp3) is 0.438. The minimum absolute atomic E-state index is 0.172. The molecule has 0 aliphatic rings. The molecular formula is C16H22FN3S. The first-order chi connectivity index (χ1) is 10.1. The van der Waals surface area contributed by atoms with Crippen LogP contribution in [0.4, 0.5) is 4.39 Å². The van der Waals surface area contributed by atoms with Crippen molar-refractivity contribution in [3.63, 3.8) is 0 Å². The molecule has 3 nitrogen and oxygen atoms in total. The molecule has 0 spiro atoms. The standard InChI is InChI=1S/C16H22FN3S/c1-12-16(21-11-19-12)10-20(3)8-7-15(18-2)13-5-4-6-14(17)9-13/h4-6,9,11,15,18H,7-8,10H2,1-3H3. The average molecular weight is 307 g/mol. The lowest BCUT2D eigenvalue weighted by molar-refractivity contribution is 0.305. The van der Waals surface area contributed by atoms with Gasteiger partial charge in [0.2, 0.25) is 0 Å². The molecule has 1 unspecified atom stereocenters. The van der Waals surface area contributed by atoms with Crippen molar-refractivity contribution in [3.05, 3.63) is 51.7 Å². The SMILES string of the molecule is CNC(CCN(C)Cc1scnc1C)c1cccc(F)c1. The van der Waals surface area contributed by atoms with E-state index in [0.717, 1.165) is 30.8 Å². The quantitative estimate of drug-likeness (QED) is 0.850. The van der Waals surface area contributed by atoms with Crippen molar-refractivity contribution in [2.24, 2.45) is 0 Å². The number of rotatable bonds is 7. The average Bonchev–Trinajstić information content (AvgIpc) is 2.85. The second-order valence-electron chi connectivity index (χ2n) is 5.28. The molecular weight excluding hydrogens is 285 g/mol. The molecule has 1 aromatic heterocycles. The summed E-state index contributed by atoms with van der Waals surface area (Å²) in [5.41, 5.74) is 4.00. The van der Waals surface area contributed by atoms with E-state index in [2.05, 4.69) is 22.2 Å². The Morgan fingerprint density at radius 1 is 1.43 bits per heavy atom. The predicted molar refractivity (Wildman–Crippen MR) is 86.0 cm³/mol. The second-order valence-corrected chi connectivity index (χ2v) is 6.22. The van der Waals surface area contributed by atoms with E-state index in [1.807, 2.05) is 25.5 Å². The Bertz CT molecular complexity index is 570. The number of halogens is 1. The highest BCUT2D eigenvalue weighted by Crippen LogP contribution is 2.19. The van der Waals surface area contributed by atoms with E-state index in [-0.39, 0.29) is 11.9 Å². The normalized spacial score (nSPS) is 12.8. The van der Waals surface area contributed by atoms with E-state index in [0.29, 0.717) is 0 Å². The minimum Gasteiger partial charge on any atom is -0.313 e. The molecule has 1 atom stereocenters. The van der Waals surface area contributed by atoms with Crippen LogP contribution < -0.4 is 5.32 Å².